The maximum atomic E-state index is 13.6. The number of nitrogens with zero attached hydrogens (tertiary/aromatic N) is 2. The molecule has 0 aliphatic rings. The highest BCUT2D eigenvalue weighted by atomic mass is 35.5. The van der Waals surface area contributed by atoms with E-state index in [9.17, 15) is 9.18 Å². The van der Waals surface area contributed by atoms with Crippen molar-refractivity contribution in [3.63, 3.8) is 0 Å². The van der Waals surface area contributed by atoms with E-state index in [4.69, 9.17) is 17.4 Å². The minimum absolute atomic E-state index is 0.288. The third-order valence-electron chi connectivity index (χ3n) is 1.87. The smallest absolute Gasteiger partial charge is 0.288 e. The first-order valence-electron chi connectivity index (χ1n) is 3.97. The summed E-state index contributed by atoms with van der Waals surface area (Å²) in [7, 11) is 0. The predicted octanol–water partition coefficient (Wildman–Crippen LogP) is 0.730. The van der Waals surface area contributed by atoms with Gasteiger partial charge in [0.15, 0.2) is 5.69 Å². The van der Waals surface area contributed by atoms with Gasteiger partial charge in [0.2, 0.25) is 5.95 Å². The molecule has 0 atom stereocenters. The van der Waals surface area contributed by atoms with Crippen LogP contribution in [0.3, 0.4) is 0 Å². The summed E-state index contributed by atoms with van der Waals surface area (Å²) >= 11 is 5.67. The van der Waals surface area contributed by atoms with Crippen LogP contribution in [0.25, 0.3) is 5.65 Å². The predicted molar refractivity (Wildman–Crippen MR) is 51.8 cm³/mol. The van der Waals surface area contributed by atoms with Gasteiger partial charge in [0.25, 0.3) is 5.91 Å². The fourth-order valence-electron chi connectivity index (χ4n) is 1.20. The summed E-state index contributed by atoms with van der Waals surface area (Å²) in [5.41, 5.74) is 1.74. The lowest BCUT2D eigenvalue weighted by atomic mass is 10.4. The van der Waals surface area contributed by atoms with E-state index >= 15 is 0 Å². The van der Waals surface area contributed by atoms with Gasteiger partial charge in [-0.2, -0.15) is 4.39 Å². The second-order valence-electron chi connectivity index (χ2n) is 2.80. The number of pyridine rings is 1. The number of hydrogen-bond donors (Lipinski definition) is 2. The minimum atomic E-state index is -0.796. The van der Waals surface area contributed by atoms with Gasteiger partial charge in [-0.3, -0.25) is 14.6 Å². The van der Waals surface area contributed by atoms with Gasteiger partial charge in [0, 0.05) is 6.20 Å². The van der Waals surface area contributed by atoms with E-state index in [2.05, 4.69) is 4.98 Å². The molecular weight excluding hydrogens is 223 g/mol. The Morgan fingerprint density at radius 3 is 3.00 bits per heavy atom. The number of fused-ring (bicyclic) bond motifs is 1. The van der Waals surface area contributed by atoms with Crippen molar-refractivity contribution >= 4 is 23.2 Å². The Kier molecular flexibility index (Phi) is 2.29. The van der Waals surface area contributed by atoms with Gasteiger partial charge in [-0.15, -0.1) is 0 Å². The van der Waals surface area contributed by atoms with E-state index in [0.717, 1.165) is 4.40 Å². The quantitative estimate of drug-likeness (QED) is 0.429. The summed E-state index contributed by atoms with van der Waals surface area (Å²) < 4.78 is 14.6. The number of hydrogen-bond acceptors (Lipinski definition) is 3. The molecule has 3 N–H and O–H groups in total. The van der Waals surface area contributed by atoms with Crippen LogP contribution in [-0.2, 0) is 0 Å². The molecule has 0 radical (unpaired) electrons. The molecule has 0 saturated carbocycles. The molecule has 0 aliphatic heterocycles. The van der Waals surface area contributed by atoms with E-state index in [0.29, 0.717) is 5.02 Å². The molecule has 0 fully saturated rings. The van der Waals surface area contributed by atoms with Crippen molar-refractivity contribution in [3.8, 4) is 0 Å². The van der Waals surface area contributed by atoms with Crippen LogP contribution in [0.5, 0.6) is 0 Å². The van der Waals surface area contributed by atoms with Crippen LogP contribution in [0.1, 0.15) is 10.5 Å². The molecule has 15 heavy (non-hydrogen) atoms. The van der Waals surface area contributed by atoms with E-state index in [-0.39, 0.29) is 11.3 Å². The van der Waals surface area contributed by atoms with E-state index < -0.39 is 11.9 Å². The van der Waals surface area contributed by atoms with Gasteiger partial charge in [0.05, 0.1) is 5.02 Å². The Hall–Kier alpha value is -1.66. The Morgan fingerprint density at radius 2 is 2.33 bits per heavy atom. The highest BCUT2D eigenvalue weighted by Crippen LogP contribution is 2.15. The number of rotatable bonds is 1. The molecule has 0 saturated heterocycles. The molecule has 78 valence electrons. The standard InChI is InChI=1S/C8H6ClFN4O/c9-4-1-2-5-12-6(8(15)13-11)7(10)14(5)3-4/h1-3H,11H2,(H,13,15). The van der Waals surface area contributed by atoms with Gasteiger partial charge in [-0.05, 0) is 12.1 Å². The van der Waals surface area contributed by atoms with Gasteiger partial charge in [-0.25, -0.2) is 10.8 Å². The number of amides is 1. The first-order chi connectivity index (χ1) is 7.13. The number of carbonyl (C=O) groups excluding carboxylic acids is 1. The van der Waals surface area contributed by atoms with E-state index in [1.807, 2.05) is 5.43 Å². The van der Waals surface area contributed by atoms with Gasteiger partial charge >= 0.3 is 0 Å². The van der Waals surface area contributed by atoms with Crippen molar-refractivity contribution in [3.05, 3.63) is 35.0 Å². The van der Waals surface area contributed by atoms with Gasteiger partial charge < -0.3 is 0 Å². The number of carbonyl (C=O) groups is 1. The van der Waals surface area contributed by atoms with Crippen LogP contribution in [-0.4, -0.2) is 15.3 Å². The third-order valence-corrected chi connectivity index (χ3v) is 2.09. The van der Waals surface area contributed by atoms with Crippen LogP contribution in [0.15, 0.2) is 18.3 Å². The zero-order valence-corrected chi connectivity index (χ0v) is 8.12. The molecule has 2 heterocycles. The zero-order chi connectivity index (χ0) is 11.0. The maximum absolute atomic E-state index is 13.6. The summed E-state index contributed by atoms with van der Waals surface area (Å²) in [5.74, 6) is 3.30. The summed E-state index contributed by atoms with van der Waals surface area (Å²) in [6, 6.07) is 3.05. The summed E-state index contributed by atoms with van der Waals surface area (Å²) in [6.45, 7) is 0. The second-order valence-corrected chi connectivity index (χ2v) is 3.24. The first-order valence-corrected chi connectivity index (χ1v) is 4.35. The van der Waals surface area contributed by atoms with Crippen molar-refractivity contribution in [2.75, 3.05) is 0 Å². The molecule has 0 bridgehead atoms. The second kappa shape index (κ2) is 3.48. The SMILES string of the molecule is NNC(=O)c1nc2ccc(Cl)cn2c1F. The number of halogens is 2. The lowest BCUT2D eigenvalue weighted by Crippen LogP contribution is -2.31. The van der Waals surface area contributed by atoms with Crippen molar-refractivity contribution in [1.29, 1.82) is 0 Å². The summed E-state index contributed by atoms with van der Waals surface area (Å²) in [6.07, 6.45) is 1.33. The molecule has 2 rings (SSSR count). The lowest BCUT2D eigenvalue weighted by Gasteiger charge is -1.94. The molecule has 0 aliphatic carbocycles. The minimum Gasteiger partial charge on any atom is -0.289 e. The van der Waals surface area contributed by atoms with Crippen molar-refractivity contribution < 1.29 is 9.18 Å². The molecule has 2 aromatic heterocycles. The number of aromatic nitrogens is 2. The highest BCUT2D eigenvalue weighted by molar-refractivity contribution is 6.30. The molecule has 5 nitrogen and oxygen atoms in total. The molecule has 2 aromatic rings. The number of nitrogen functional groups attached to an aromatic ring is 1. The van der Waals surface area contributed by atoms with Crippen LogP contribution in [0.2, 0.25) is 5.02 Å². The summed E-state index contributed by atoms with van der Waals surface area (Å²) in [4.78, 5) is 14.9. The fourth-order valence-corrected chi connectivity index (χ4v) is 1.36. The van der Waals surface area contributed by atoms with Gasteiger partial charge in [0.1, 0.15) is 5.65 Å². The van der Waals surface area contributed by atoms with Crippen molar-refractivity contribution in [2.24, 2.45) is 5.84 Å². The van der Waals surface area contributed by atoms with Crippen LogP contribution in [0.4, 0.5) is 4.39 Å². The molecule has 0 unspecified atom stereocenters. The average Bonchev–Trinajstić information content (AvgIpc) is 2.55. The highest BCUT2D eigenvalue weighted by Gasteiger charge is 2.17. The van der Waals surface area contributed by atoms with Crippen LogP contribution >= 0.6 is 11.6 Å². The Bertz CT molecular complexity index is 539. The average molecular weight is 229 g/mol. The number of nitrogens with one attached hydrogen (secondary N) is 1. The first kappa shape index (κ1) is 9.88. The molecule has 0 spiro atoms. The topological polar surface area (TPSA) is 72.4 Å². The van der Waals surface area contributed by atoms with Crippen LogP contribution < -0.4 is 11.3 Å². The van der Waals surface area contributed by atoms with Crippen molar-refractivity contribution in [2.45, 2.75) is 0 Å². The maximum Gasteiger partial charge on any atom is 0.288 e. The Labute approximate surface area is 88.6 Å². The van der Waals surface area contributed by atoms with Crippen LogP contribution in [0, 0.1) is 5.95 Å². The molecule has 7 heteroatoms. The molecule has 1 amide bonds. The lowest BCUT2D eigenvalue weighted by molar-refractivity contribution is 0.0944. The molecular formula is C8H6ClFN4O. The van der Waals surface area contributed by atoms with Crippen molar-refractivity contribution in [1.82, 2.24) is 14.8 Å². The van der Waals surface area contributed by atoms with E-state index in [1.54, 1.807) is 6.07 Å². The third kappa shape index (κ3) is 1.53. The monoisotopic (exact) mass is 228 g/mol. The summed E-state index contributed by atoms with van der Waals surface area (Å²) in [5, 5.41) is 0.346. The number of imidazole rings is 1. The Balaban J connectivity index is 2.69. The molecule has 0 aromatic carbocycles. The van der Waals surface area contributed by atoms with Gasteiger partial charge in [-0.1, -0.05) is 11.6 Å². The number of hydrazine groups is 1. The number of nitrogens with two attached hydrogens (primary N) is 1. The zero-order valence-electron chi connectivity index (χ0n) is 7.37. The normalized spacial score (nSPS) is 10.6. The largest absolute Gasteiger partial charge is 0.289 e. The Morgan fingerprint density at radius 1 is 1.60 bits per heavy atom. The van der Waals surface area contributed by atoms with E-state index in [1.165, 1.54) is 12.3 Å². The fraction of sp³-hybridized carbons (Fsp3) is 0.